The molecule has 0 N–H and O–H groups in total. The minimum atomic E-state index is -0.186. The number of nitrogens with zero attached hydrogens (tertiary/aromatic N) is 2. The summed E-state index contributed by atoms with van der Waals surface area (Å²) in [5, 5.41) is 5.09. The molecule has 53 heavy (non-hydrogen) atoms. The van der Waals surface area contributed by atoms with Crippen molar-refractivity contribution in [2.24, 2.45) is 5.92 Å². The molecule has 1 unspecified atom stereocenters. The molecule has 254 valence electrons. The van der Waals surface area contributed by atoms with Gasteiger partial charge in [0.1, 0.15) is 5.82 Å². The highest BCUT2D eigenvalue weighted by Gasteiger charge is 2.44. The van der Waals surface area contributed by atoms with Gasteiger partial charge in [0, 0.05) is 16.9 Å². The van der Waals surface area contributed by atoms with E-state index in [0.29, 0.717) is 5.92 Å². The lowest BCUT2D eigenvalue weighted by atomic mass is 9.67. The molecule has 0 fully saturated rings. The van der Waals surface area contributed by atoms with Crippen molar-refractivity contribution in [2.45, 2.75) is 31.7 Å². The number of allylic oxidation sites excluding steroid dienone is 10. The third kappa shape index (κ3) is 4.97. The van der Waals surface area contributed by atoms with Crippen molar-refractivity contribution in [3.8, 4) is 22.5 Å². The molecule has 0 saturated heterocycles. The summed E-state index contributed by atoms with van der Waals surface area (Å²) in [5.74, 6) is 1.39. The van der Waals surface area contributed by atoms with Gasteiger partial charge in [0.05, 0.1) is 17.1 Å². The van der Waals surface area contributed by atoms with Gasteiger partial charge in [-0.1, -0.05) is 152 Å². The zero-order valence-corrected chi connectivity index (χ0v) is 30.1. The van der Waals surface area contributed by atoms with Crippen molar-refractivity contribution in [3.05, 3.63) is 198 Å². The third-order valence-corrected chi connectivity index (χ3v) is 11.9. The van der Waals surface area contributed by atoms with Gasteiger partial charge in [-0.2, -0.15) is 0 Å². The Morgan fingerprint density at radius 1 is 0.792 bits per heavy atom. The van der Waals surface area contributed by atoms with Crippen LogP contribution < -0.4 is 0 Å². The fourth-order valence-electron chi connectivity index (χ4n) is 9.20. The van der Waals surface area contributed by atoms with Crippen LogP contribution in [0.2, 0.25) is 0 Å². The van der Waals surface area contributed by atoms with Crippen LogP contribution in [0.5, 0.6) is 0 Å². The van der Waals surface area contributed by atoms with Gasteiger partial charge in [0.2, 0.25) is 0 Å². The van der Waals surface area contributed by atoms with E-state index >= 15 is 0 Å². The summed E-state index contributed by atoms with van der Waals surface area (Å²) in [6, 6.07) is 42.5. The Hall–Kier alpha value is -6.25. The molecule has 2 heteroatoms. The van der Waals surface area contributed by atoms with Crippen molar-refractivity contribution in [1.82, 2.24) is 9.55 Å². The van der Waals surface area contributed by atoms with Crippen molar-refractivity contribution in [1.29, 1.82) is 0 Å². The first-order chi connectivity index (χ1) is 26.0. The lowest BCUT2D eigenvalue weighted by Crippen LogP contribution is -2.37. The number of rotatable bonds is 5. The fraction of sp³-hybridized carbons (Fsp3) is 0.118. The Kier molecular flexibility index (Phi) is 7.23. The minimum absolute atomic E-state index is 0.164. The summed E-state index contributed by atoms with van der Waals surface area (Å²) in [6.45, 7) is 8.44. The topological polar surface area (TPSA) is 17.8 Å². The molecule has 2 heterocycles. The van der Waals surface area contributed by atoms with Crippen LogP contribution >= 0.6 is 0 Å². The number of aromatic nitrogens is 2. The predicted octanol–water partition coefficient (Wildman–Crippen LogP) is 13.2. The highest BCUT2D eigenvalue weighted by molar-refractivity contribution is 6.13. The van der Waals surface area contributed by atoms with Crippen molar-refractivity contribution >= 4 is 44.2 Å². The monoisotopic (exact) mass is 680 g/mol. The van der Waals surface area contributed by atoms with E-state index in [-0.39, 0.29) is 11.5 Å². The standard InChI is InChI=1S/C51H40N2/c1-4-5-12-34-19-24-39(29-33(34)2)49-42-14-7-6-13-38(42)31-41-30-37(25-27-43(41)49)35-20-22-36(23-21-35)40-26-28-48-51(3,32-40)45-16-9-8-15-44(45)50-52-46-17-10-11-18-47(46)53(48)50/h4-22,24-32,36,48H,1,23H2,2-3H3/b12-5-/t36-,48?,51+/m0/s1. The molecule has 2 nitrogen and oxygen atoms in total. The Morgan fingerprint density at radius 2 is 1.60 bits per heavy atom. The molecule has 7 aromatic rings. The zero-order chi connectivity index (χ0) is 35.7. The smallest absolute Gasteiger partial charge is 0.142 e. The maximum absolute atomic E-state index is 5.12. The van der Waals surface area contributed by atoms with E-state index in [0.717, 1.165) is 17.8 Å². The van der Waals surface area contributed by atoms with E-state index < -0.39 is 0 Å². The predicted molar refractivity (Wildman–Crippen MR) is 225 cm³/mol. The molecule has 1 aliphatic heterocycles. The van der Waals surface area contributed by atoms with Crippen LogP contribution in [0.15, 0.2) is 176 Å². The normalized spacial score (nSPS) is 20.3. The van der Waals surface area contributed by atoms with Crippen molar-refractivity contribution < 1.29 is 0 Å². The molecule has 0 bridgehead atoms. The van der Waals surface area contributed by atoms with E-state index in [2.05, 4.69) is 183 Å². The lowest BCUT2D eigenvalue weighted by molar-refractivity contribution is 0.407. The van der Waals surface area contributed by atoms with Gasteiger partial charge in [-0.15, -0.1) is 0 Å². The lowest BCUT2D eigenvalue weighted by Gasteiger charge is -2.44. The van der Waals surface area contributed by atoms with Gasteiger partial charge in [0.15, 0.2) is 0 Å². The van der Waals surface area contributed by atoms with Crippen LogP contribution in [-0.2, 0) is 5.41 Å². The van der Waals surface area contributed by atoms with Crippen LogP contribution in [0.3, 0.4) is 0 Å². The van der Waals surface area contributed by atoms with Crippen LogP contribution in [0.25, 0.3) is 66.7 Å². The number of fused-ring (bicyclic) bond motifs is 10. The number of para-hydroxylation sites is 2. The SMILES string of the molecule is C=C/C=C\c1ccc(-c2c3ccccc3cc3cc(C4=CC[C@@H](C5=C[C@]6(C)c7ccccc7-c7nc8ccccc8n7C6C=C5)C=C4)ccc23)cc1C. The number of aryl methyl sites for hydroxylation is 1. The highest BCUT2D eigenvalue weighted by Crippen LogP contribution is 2.52. The molecule has 0 radical (unpaired) electrons. The van der Waals surface area contributed by atoms with E-state index in [9.17, 15) is 0 Å². The van der Waals surface area contributed by atoms with Crippen LogP contribution in [0.1, 0.15) is 41.6 Å². The first kappa shape index (κ1) is 31.5. The molecule has 6 aromatic carbocycles. The second kappa shape index (κ2) is 12.2. The van der Waals surface area contributed by atoms with E-state index in [4.69, 9.17) is 4.98 Å². The molecule has 0 amide bonds. The molecular weight excluding hydrogens is 641 g/mol. The molecule has 3 atom stereocenters. The highest BCUT2D eigenvalue weighted by atomic mass is 15.1. The Morgan fingerprint density at radius 3 is 2.47 bits per heavy atom. The average molecular weight is 681 g/mol. The second-order valence-corrected chi connectivity index (χ2v) is 15.0. The molecule has 1 aromatic heterocycles. The largest absolute Gasteiger partial charge is 0.316 e. The molecule has 0 saturated carbocycles. The maximum atomic E-state index is 5.12. The summed E-state index contributed by atoms with van der Waals surface area (Å²) in [6.07, 6.45) is 21.5. The van der Waals surface area contributed by atoms with Crippen LogP contribution in [0, 0.1) is 12.8 Å². The Bertz CT molecular complexity index is 2820. The summed E-state index contributed by atoms with van der Waals surface area (Å²) in [5.41, 5.74) is 13.6. The number of benzene rings is 6. The summed E-state index contributed by atoms with van der Waals surface area (Å²) < 4.78 is 2.46. The third-order valence-electron chi connectivity index (χ3n) is 11.9. The summed E-state index contributed by atoms with van der Waals surface area (Å²) in [4.78, 5) is 5.12. The van der Waals surface area contributed by atoms with Crippen LogP contribution in [0.4, 0.5) is 0 Å². The molecule has 10 rings (SSSR count). The second-order valence-electron chi connectivity index (χ2n) is 15.0. The van der Waals surface area contributed by atoms with Gasteiger partial charge in [-0.3, -0.25) is 0 Å². The maximum Gasteiger partial charge on any atom is 0.142 e. The van der Waals surface area contributed by atoms with Gasteiger partial charge < -0.3 is 4.57 Å². The Labute approximate surface area is 311 Å². The molecular formula is C51H40N2. The van der Waals surface area contributed by atoms with Gasteiger partial charge >= 0.3 is 0 Å². The minimum Gasteiger partial charge on any atom is -0.316 e. The van der Waals surface area contributed by atoms with E-state index in [1.807, 2.05) is 12.2 Å². The van der Waals surface area contributed by atoms with E-state index in [1.54, 1.807) is 0 Å². The average Bonchev–Trinajstić information content (AvgIpc) is 3.59. The number of hydrogen-bond acceptors (Lipinski definition) is 1. The molecule has 2 aliphatic carbocycles. The van der Waals surface area contributed by atoms with Gasteiger partial charge in [-0.25, -0.2) is 4.98 Å². The van der Waals surface area contributed by atoms with E-state index in [1.165, 1.54) is 77.2 Å². The van der Waals surface area contributed by atoms with Crippen LogP contribution in [-0.4, -0.2) is 9.55 Å². The number of hydrogen-bond donors (Lipinski definition) is 0. The number of imidazole rings is 1. The van der Waals surface area contributed by atoms with Gasteiger partial charge in [0.25, 0.3) is 0 Å². The van der Waals surface area contributed by atoms with Gasteiger partial charge in [-0.05, 0) is 111 Å². The molecule has 3 aliphatic rings. The fourth-order valence-corrected chi connectivity index (χ4v) is 9.20. The van der Waals surface area contributed by atoms with Crippen molar-refractivity contribution in [3.63, 3.8) is 0 Å². The van der Waals surface area contributed by atoms with Crippen molar-refractivity contribution in [2.75, 3.05) is 0 Å². The first-order valence-corrected chi connectivity index (χ1v) is 18.7. The molecule has 0 spiro atoms. The zero-order valence-electron chi connectivity index (χ0n) is 30.1. The Balaban J connectivity index is 0.985. The first-order valence-electron chi connectivity index (χ1n) is 18.7. The quantitative estimate of drug-likeness (QED) is 0.131. The summed E-state index contributed by atoms with van der Waals surface area (Å²) in [7, 11) is 0. The summed E-state index contributed by atoms with van der Waals surface area (Å²) >= 11 is 0.